The topological polar surface area (TPSA) is 90.3 Å². The van der Waals surface area contributed by atoms with Gasteiger partial charge in [-0.1, -0.05) is 0 Å². The molecule has 0 fully saturated rings. The second-order valence-electron chi connectivity index (χ2n) is 5.65. The molecule has 0 radical (unpaired) electrons. The Morgan fingerprint density at radius 2 is 1.96 bits per heavy atom. The van der Waals surface area contributed by atoms with E-state index in [1.54, 1.807) is 45.2 Å². The maximum atomic E-state index is 12.6. The first kappa shape index (κ1) is 17.8. The fourth-order valence-electron chi connectivity index (χ4n) is 2.52. The van der Waals surface area contributed by atoms with Gasteiger partial charge in [0.1, 0.15) is 4.83 Å². The van der Waals surface area contributed by atoms with Crippen molar-refractivity contribution in [3.05, 3.63) is 57.0 Å². The summed E-state index contributed by atoms with van der Waals surface area (Å²) in [5.41, 5.74) is 1.39. The van der Waals surface area contributed by atoms with Crippen molar-refractivity contribution >= 4 is 39.1 Å². The molecule has 0 saturated heterocycles. The van der Waals surface area contributed by atoms with Crippen LogP contribution in [0.2, 0.25) is 0 Å². The molecule has 0 aliphatic rings. The Morgan fingerprint density at radius 1 is 1.27 bits per heavy atom. The lowest BCUT2D eigenvalue weighted by atomic mass is 10.2. The standard InChI is InChI=1S/C18H17N3O4S/c1-4-25-18(24)11-5-7-12(8-6-11)20-15(22)14-10(2)13-16(26-14)19-9-21(3)17(13)23/h5-9H,4H2,1-3H3,(H,20,22). The molecule has 2 heterocycles. The Labute approximate surface area is 153 Å². The van der Waals surface area contributed by atoms with Gasteiger partial charge in [-0.2, -0.15) is 0 Å². The van der Waals surface area contributed by atoms with Crippen molar-refractivity contribution in [3.8, 4) is 0 Å². The summed E-state index contributed by atoms with van der Waals surface area (Å²) in [7, 11) is 1.62. The lowest BCUT2D eigenvalue weighted by molar-refractivity contribution is 0.0526. The Kier molecular flexibility index (Phi) is 4.85. The Balaban J connectivity index is 1.86. The van der Waals surface area contributed by atoms with Gasteiger partial charge in [-0.3, -0.25) is 9.59 Å². The number of thiophene rings is 1. The highest BCUT2D eigenvalue weighted by atomic mass is 32.1. The molecule has 26 heavy (non-hydrogen) atoms. The van der Waals surface area contributed by atoms with E-state index in [9.17, 15) is 14.4 Å². The van der Waals surface area contributed by atoms with Gasteiger partial charge in [0.25, 0.3) is 11.5 Å². The van der Waals surface area contributed by atoms with E-state index < -0.39 is 5.97 Å². The van der Waals surface area contributed by atoms with Crippen LogP contribution < -0.4 is 10.9 Å². The molecule has 2 aromatic heterocycles. The van der Waals surface area contributed by atoms with E-state index in [-0.39, 0.29) is 11.5 Å². The highest BCUT2D eigenvalue weighted by Gasteiger charge is 2.19. The number of fused-ring (bicyclic) bond motifs is 1. The number of esters is 1. The predicted molar refractivity (Wildman–Crippen MR) is 99.9 cm³/mol. The van der Waals surface area contributed by atoms with E-state index >= 15 is 0 Å². The highest BCUT2D eigenvalue weighted by Crippen LogP contribution is 2.27. The predicted octanol–water partition coefficient (Wildman–Crippen LogP) is 2.73. The van der Waals surface area contributed by atoms with Crippen LogP contribution in [0.4, 0.5) is 5.69 Å². The molecule has 0 unspecified atom stereocenters. The highest BCUT2D eigenvalue weighted by molar-refractivity contribution is 7.20. The summed E-state index contributed by atoms with van der Waals surface area (Å²) in [4.78, 5) is 41.7. The lowest BCUT2D eigenvalue weighted by Crippen LogP contribution is -2.17. The molecule has 0 atom stereocenters. The normalized spacial score (nSPS) is 10.7. The van der Waals surface area contributed by atoms with E-state index in [1.165, 1.54) is 22.2 Å². The molecule has 1 aromatic carbocycles. The number of hydrogen-bond acceptors (Lipinski definition) is 6. The smallest absolute Gasteiger partial charge is 0.338 e. The van der Waals surface area contributed by atoms with Gasteiger partial charge in [-0.05, 0) is 43.7 Å². The monoisotopic (exact) mass is 371 g/mol. The quantitative estimate of drug-likeness (QED) is 0.712. The minimum atomic E-state index is -0.410. The van der Waals surface area contributed by atoms with Crippen molar-refractivity contribution < 1.29 is 14.3 Å². The molecule has 3 aromatic rings. The lowest BCUT2D eigenvalue weighted by Gasteiger charge is -2.06. The van der Waals surface area contributed by atoms with Crippen LogP contribution in [-0.4, -0.2) is 28.0 Å². The summed E-state index contributed by atoms with van der Waals surface area (Å²) in [6, 6.07) is 6.43. The summed E-state index contributed by atoms with van der Waals surface area (Å²) in [5.74, 6) is -0.732. The first-order chi connectivity index (χ1) is 12.4. The molecular weight excluding hydrogens is 354 g/mol. The van der Waals surface area contributed by atoms with Crippen LogP contribution in [0.1, 0.15) is 32.5 Å². The van der Waals surface area contributed by atoms with Crippen molar-refractivity contribution in [2.24, 2.45) is 7.05 Å². The number of nitrogens with one attached hydrogen (secondary N) is 1. The van der Waals surface area contributed by atoms with Gasteiger partial charge in [-0.15, -0.1) is 11.3 Å². The number of aromatic nitrogens is 2. The van der Waals surface area contributed by atoms with Crippen molar-refractivity contribution in [2.45, 2.75) is 13.8 Å². The molecule has 134 valence electrons. The molecule has 0 spiro atoms. The Morgan fingerprint density at radius 3 is 2.62 bits per heavy atom. The fraction of sp³-hybridized carbons (Fsp3) is 0.222. The number of amides is 1. The number of benzene rings is 1. The van der Waals surface area contributed by atoms with Gasteiger partial charge in [0.05, 0.1) is 28.8 Å². The number of carbonyl (C=O) groups is 2. The Bertz CT molecular complexity index is 1050. The summed E-state index contributed by atoms with van der Waals surface area (Å²) in [6.07, 6.45) is 1.44. The largest absolute Gasteiger partial charge is 0.462 e. The van der Waals surface area contributed by atoms with Gasteiger partial charge >= 0.3 is 5.97 Å². The van der Waals surface area contributed by atoms with Crippen LogP contribution in [0.15, 0.2) is 35.4 Å². The fourth-order valence-corrected chi connectivity index (χ4v) is 3.55. The molecule has 0 saturated carbocycles. The molecule has 1 N–H and O–H groups in total. The summed E-state index contributed by atoms with van der Waals surface area (Å²) in [5, 5.41) is 3.24. The van der Waals surface area contributed by atoms with Crippen LogP contribution in [0.25, 0.3) is 10.2 Å². The van der Waals surface area contributed by atoms with Crippen LogP contribution >= 0.6 is 11.3 Å². The molecule has 0 bridgehead atoms. The zero-order valence-corrected chi connectivity index (χ0v) is 15.3. The minimum Gasteiger partial charge on any atom is -0.462 e. The van der Waals surface area contributed by atoms with Crippen LogP contribution in [0, 0.1) is 6.92 Å². The first-order valence-corrected chi connectivity index (χ1v) is 8.77. The third-order valence-electron chi connectivity index (χ3n) is 3.87. The molecule has 3 rings (SSSR count). The number of hydrogen-bond donors (Lipinski definition) is 1. The minimum absolute atomic E-state index is 0.179. The third-order valence-corrected chi connectivity index (χ3v) is 5.07. The molecular formula is C18H17N3O4S. The van der Waals surface area contributed by atoms with Crippen molar-refractivity contribution in [1.82, 2.24) is 9.55 Å². The van der Waals surface area contributed by atoms with Gasteiger partial charge in [0.15, 0.2) is 0 Å². The summed E-state index contributed by atoms with van der Waals surface area (Å²) in [6.45, 7) is 3.78. The molecule has 0 aliphatic carbocycles. The maximum Gasteiger partial charge on any atom is 0.338 e. The first-order valence-electron chi connectivity index (χ1n) is 7.95. The number of ether oxygens (including phenoxy) is 1. The zero-order valence-electron chi connectivity index (χ0n) is 14.5. The van der Waals surface area contributed by atoms with Crippen molar-refractivity contribution in [3.63, 3.8) is 0 Å². The third kappa shape index (κ3) is 3.23. The zero-order chi connectivity index (χ0) is 18.8. The van der Waals surface area contributed by atoms with Gasteiger partial charge in [0.2, 0.25) is 0 Å². The number of rotatable bonds is 4. The summed E-state index contributed by atoms with van der Waals surface area (Å²) >= 11 is 1.18. The van der Waals surface area contributed by atoms with Crippen LogP contribution in [-0.2, 0) is 11.8 Å². The molecule has 8 heteroatoms. The SMILES string of the molecule is CCOC(=O)c1ccc(NC(=O)c2sc3ncn(C)c(=O)c3c2C)cc1. The van der Waals surface area contributed by atoms with E-state index in [0.29, 0.717) is 38.5 Å². The average Bonchev–Trinajstić information content (AvgIpc) is 2.96. The van der Waals surface area contributed by atoms with E-state index in [0.717, 1.165) is 0 Å². The molecule has 1 amide bonds. The van der Waals surface area contributed by atoms with Crippen molar-refractivity contribution in [2.75, 3.05) is 11.9 Å². The summed E-state index contributed by atoms with van der Waals surface area (Å²) < 4.78 is 6.31. The number of aryl methyl sites for hydroxylation is 2. The van der Waals surface area contributed by atoms with Crippen LogP contribution in [0.3, 0.4) is 0 Å². The van der Waals surface area contributed by atoms with E-state index in [2.05, 4.69) is 10.3 Å². The molecule has 7 nitrogen and oxygen atoms in total. The van der Waals surface area contributed by atoms with Gasteiger partial charge in [0, 0.05) is 12.7 Å². The van der Waals surface area contributed by atoms with E-state index in [1.807, 2.05) is 0 Å². The van der Waals surface area contributed by atoms with Crippen LogP contribution in [0.5, 0.6) is 0 Å². The number of carbonyl (C=O) groups excluding carboxylic acids is 2. The van der Waals surface area contributed by atoms with Crippen molar-refractivity contribution in [1.29, 1.82) is 0 Å². The average molecular weight is 371 g/mol. The maximum absolute atomic E-state index is 12.6. The van der Waals surface area contributed by atoms with Gasteiger partial charge in [-0.25, -0.2) is 9.78 Å². The number of nitrogens with zero attached hydrogens (tertiary/aromatic N) is 2. The van der Waals surface area contributed by atoms with E-state index in [4.69, 9.17) is 4.74 Å². The molecule has 0 aliphatic heterocycles. The van der Waals surface area contributed by atoms with Gasteiger partial charge < -0.3 is 14.6 Å². The Hall–Kier alpha value is -3.00. The second kappa shape index (κ2) is 7.09. The number of anilines is 1. The second-order valence-corrected chi connectivity index (χ2v) is 6.65.